The number of aliphatic hydroxyl groups excluding tert-OH is 1. The van der Waals surface area contributed by atoms with Crippen molar-refractivity contribution in [2.75, 3.05) is 13.2 Å². The maximum Gasteiger partial charge on any atom is 0.257 e. The van der Waals surface area contributed by atoms with E-state index in [4.69, 9.17) is 4.74 Å². The Balaban J connectivity index is 2.38. The van der Waals surface area contributed by atoms with Gasteiger partial charge in [0.05, 0.1) is 6.10 Å². The third kappa shape index (κ3) is 5.19. The first-order chi connectivity index (χ1) is 8.63. The Morgan fingerprint density at radius 3 is 2.94 bits per heavy atom. The average Bonchev–Trinajstić information content (AvgIpc) is 2.37. The molecule has 4 nitrogen and oxygen atoms in total. The lowest BCUT2D eigenvalue weighted by atomic mass is 10.1. The van der Waals surface area contributed by atoms with Gasteiger partial charge in [0.2, 0.25) is 0 Å². The van der Waals surface area contributed by atoms with Crippen LogP contribution in [0.4, 0.5) is 0 Å². The van der Waals surface area contributed by atoms with E-state index < -0.39 is 6.10 Å². The highest BCUT2D eigenvalue weighted by atomic mass is 16.5. The number of carbonyl (C=O) groups excluding carboxylic acids is 1. The van der Waals surface area contributed by atoms with Gasteiger partial charge in [-0.25, -0.2) is 0 Å². The first-order valence-corrected chi connectivity index (χ1v) is 6.31. The van der Waals surface area contributed by atoms with Crippen molar-refractivity contribution < 1.29 is 14.6 Å². The summed E-state index contributed by atoms with van der Waals surface area (Å²) in [5.74, 6) is 0.477. The summed E-state index contributed by atoms with van der Waals surface area (Å²) in [6, 6.07) is 7.13. The summed E-state index contributed by atoms with van der Waals surface area (Å²) in [6.07, 6.45) is 1.49. The molecular weight excluding hydrogens is 230 g/mol. The lowest BCUT2D eigenvalue weighted by molar-refractivity contribution is -0.123. The summed E-state index contributed by atoms with van der Waals surface area (Å²) in [7, 11) is 0. The Kier molecular flexibility index (Phi) is 6.22. The molecule has 1 rings (SSSR count). The van der Waals surface area contributed by atoms with E-state index in [1.165, 1.54) is 0 Å². The average molecular weight is 251 g/mol. The Morgan fingerprint density at radius 1 is 1.50 bits per heavy atom. The zero-order valence-corrected chi connectivity index (χ0v) is 11.0. The maximum absolute atomic E-state index is 11.4. The Hall–Kier alpha value is -1.55. The molecule has 0 aromatic heterocycles. The second-order valence-electron chi connectivity index (χ2n) is 4.24. The fraction of sp³-hybridized carbons (Fsp3) is 0.500. The van der Waals surface area contributed by atoms with Crippen molar-refractivity contribution in [1.82, 2.24) is 5.32 Å². The number of rotatable bonds is 7. The van der Waals surface area contributed by atoms with Crippen LogP contribution in [-0.4, -0.2) is 24.2 Å². The second kappa shape index (κ2) is 7.71. The summed E-state index contributed by atoms with van der Waals surface area (Å²) < 4.78 is 5.37. The van der Waals surface area contributed by atoms with E-state index in [2.05, 4.69) is 12.2 Å². The minimum atomic E-state index is -0.535. The van der Waals surface area contributed by atoms with E-state index in [0.29, 0.717) is 12.3 Å². The summed E-state index contributed by atoms with van der Waals surface area (Å²) in [6.45, 7) is 4.46. The molecule has 18 heavy (non-hydrogen) atoms. The highest BCUT2D eigenvalue weighted by molar-refractivity contribution is 5.77. The number of nitrogens with one attached hydrogen (secondary N) is 1. The van der Waals surface area contributed by atoms with Gasteiger partial charge in [0.1, 0.15) is 5.75 Å². The molecule has 0 spiro atoms. The minimum absolute atomic E-state index is 0.00692. The number of benzene rings is 1. The number of unbranched alkanes of at least 4 members (excludes halogenated alkanes) is 1. The molecule has 0 saturated carbocycles. The fourth-order valence-corrected chi connectivity index (χ4v) is 1.47. The standard InChI is InChI=1S/C14H21NO3/c1-3-4-8-15-14(17)10-18-13-7-5-6-12(9-13)11(2)16/h5-7,9,11,16H,3-4,8,10H2,1-2H3,(H,15,17)/t11-/m0/s1. The molecule has 0 saturated heterocycles. The van der Waals surface area contributed by atoms with Gasteiger partial charge in [-0.2, -0.15) is 0 Å². The number of aliphatic hydroxyl groups is 1. The fourth-order valence-electron chi connectivity index (χ4n) is 1.47. The Morgan fingerprint density at radius 2 is 2.28 bits per heavy atom. The zero-order valence-electron chi connectivity index (χ0n) is 11.0. The van der Waals surface area contributed by atoms with E-state index in [1.54, 1.807) is 25.1 Å². The Bertz CT molecular complexity index is 377. The van der Waals surface area contributed by atoms with Crippen LogP contribution in [0, 0.1) is 0 Å². The molecule has 4 heteroatoms. The molecule has 1 aromatic rings. The molecule has 2 N–H and O–H groups in total. The van der Waals surface area contributed by atoms with Gasteiger partial charge >= 0.3 is 0 Å². The first kappa shape index (κ1) is 14.5. The van der Waals surface area contributed by atoms with Gasteiger partial charge in [-0.1, -0.05) is 25.5 Å². The molecule has 0 fully saturated rings. The third-order valence-corrected chi connectivity index (χ3v) is 2.56. The van der Waals surface area contributed by atoms with Crippen LogP contribution in [-0.2, 0) is 4.79 Å². The molecule has 0 bridgehead atoms. The van der Waals surface area contributed by atoms with Crippen molar-refractivity contribution in [3.63, 3.8) is 0 Å². The van der Waals surface area contributed by atoms with E-state index in [0.717, 1.165) is 18.4 Å². The van der Waals surface area contributed by atoms with E-state index in [-0.39, 0.29) is 12.5 Å². The van der Waals surface area contributed by atoms with Gasteiger partial charge in [0, 0.05) is 6.54 Å². The second-order valence-corrected chi connectivity index (χ2v) is 4.24. The van der Waals surface area contributed by atoms with E-state index >= 15 is 0 Å². The minimum Gasteiger partial charge on any atom is -0.484 e. The smallest absolute Gasteiger partial charge is 0.257 e. The topological polar surface area (TPSA) is 58.6 Å². The number of hydrogen-bond acceptors (Lipinski definition) is 3. The van der Waals surface area contributed by atoms with Gasteiger partial charge in [-0.3, -0.25) is 4.79 Å². The van der Waals surface area contributed by atoms with Gasteiger partial charge in [-0.05, 0) is 31.0 Å². The van der Waals surface area contributed by atoms with Crippen LogP contribution in [0.2, 0.25) is 0 Å². The lowest BCUT2D eigenvalue weighted by Crippen LogP contribution is -2.29. The van der Waals surface area contributed by atoms with Crippen LogP contribution in [0.1, 0.15) is 38.4 Å². The molecule has 0 radical (unpaired) electrons. The van der Waals surface area contributed by atoms with Gasteiger partial charge in [-0.15, -0.1) is 0 Å². The van der Waals surface area contributed by atoms with Crippen molar-refractivity contribution >= 4 is 5.91 Å². The summed E-state index contributed by atoms with van der Waals surface area (Å²) >= 11 is 0. The van der Waals surface area contributed by atoms with E-state index in [1.807, 2.05) is 6.07 Å². The maximum atomic E-state index is 11.4. The summed E-state index contributed by atoms with van der Waals surface area (Å²) in [4.78, 5) is 11.4. The quantitative estimate of drug-likeness (QED) is 0.729. The number of carbonyl (C=O) groups is 1. The predicted octanol–water partition coefficient (Wildman–Crippen LogP) is 2.04. The van der Waals surface area contributed by atoms with E-state index in [9.17, 15) is 9.90 Å². The molecule has 1 atom stereocenters. The molecule has 0 unspecified atom stereocenters. The highest BCUT2D eigenvalue weighted by Gasteiger charge is 2.04. The molecule has 1 amide bonds. The van der Waals surface area contributed by atoms with Crippen LogP contribution in [0.5, 0.6) is 5.75 Å². The predicted molar refractivity (Wildman–Crippen MR) is 70.5 cm³/mol. The van der Waals surface area contributed by atoms with Crippen molar-refractivity contribution in [3.8, 4) is 5.75 Å². The molecule has 0 heterocycles. The van der Waals surface area contributed by atoms with Crippen LogP contribution in [0.15, 0.2) is 24.3 Å². The highest BCUT2D eigenvalue weighted by Crippen LogP contribution is 2.18. The number of ether oxygens (including phenoxy) is 1. The molecular formula is C14H21NO3. The first-order valence-electron chi connectivity index (χ1n) is 6.31. The lowest BCUT2D eigenvalue weighted by Gasteiger charge is -2.09. The Labute approximate surface area is 108 Å². The summed E-state index contributed by atoms with van der Waals surface area (Å²) in [5, 5.41) is 12.2. The van der Waals surface area contributed by atoms with Gasteiger partial charge in [0.25, 0.3) is 5.91 Å². The largest absolute Gasteiger partial charge is 0.484 e. The van der Waals surface area contributed by atoms with Crippen LogP contribution < -0.4 is 10.1 Å². The van der Waals surface area contributed by atoms with Crippen LogP contribution >= 0.6 is 0 Å². The van der Waals surface area contributed by atoms with Gasteiger partial charge < -0.3 is 15.2 Å². The van der Waals surface area contributed by atoms with Crippen molar-refractivity contribution in [2.45, 2.75) is 32.8 Å². The SMILES string of the molecule is CCCCNC(=O)COc1cccc([C@H](C)O)c1. The number of hydrogen-bond donors (Lipinski definition) is 2. The van der Waals surface area contributed by atoms with Crippen LogP contribution in [0.3, 0.4) is 0 Å². The van der Waals surface area contributed by atoms with Gasteiger partial charge in [0.15, 0.2) is 6.61 Å². The number of amides is 1. The molecule has 0 aliphatic carbocycles. The normalized spacial score (nSPS) is 11.9. The van der Waals surface area contributed by atoms with Crippen molar-refractivity contribution in [1.29, 1.82) is 0 Å². The van der Waals surface area contributed by atoms with Crippen molar-refractivity contribution in [3.05, 3.63) is 29.8 Å². The molecule has 100 valence electrons. The molecule has 1 aromatic carbocycles. The molecule has 0 aliphatic rings. The van der Waals surface area contributed by atoms with Crippen molar-refractivity contribution in [2.24, 2.45) is 0 Å². The molecule has 0 aliphatic heterocycles. The zero-order chi connectivity index (χ0) is 13.4. The monoisotopic (exact) mass is 251 g/mol. The van der Waals surface area contributed by atoms with Crippen LogP contribution in [0.25, 0.3) is 0 Å². The third-order valence-electron chi connectivity index (χ3n) is 2.56. The summed E-state index contributed by atoms with van der Waals surface area (Å²) in [5.41, 5.74) is 0.777.